The third-order valence-corrected chi connectivity index (χ3v) is 3.72. The molecule has 0 saturated carbocycles. The first-order valence-electron chi connectivity index (χ1n) is 7.43. The molecule has 1 aromatic heterocycles. The van der Waals surface area contributed by atoms with Crippen LogP contribution >= 0.6 is 0 Å². The molecule has 1 amide bonds. The summed E-state index contributed by atoms with van der Waals surface area (Å²) in [6, 6.07) is 8.13. The first kappa shape index (κ1) is 13.7. The van der Waals surface area contributed by atoms with E-state index >= 15 is 0 Å². The van der Waals surface area contributed by atoms with E-state index in [-0.39, 0.29) is 5.91 Å². The number of carbonyl (C=O) groups is 1. The van der Waals surface area contributed by atoms with Crippen LogP contribution in [0.15, 0.2) is 30.5 Å². The maximum Gasteiger partial charge on any atom is 0.224 e. The Balaban J connectivity index is 1.69. The minimum Gasteiger partial charge on any atom is -0.379 e. The van der Waals surface area contributed by atoms with E-state index in [2.05, 4.69) is 28.7 Å². The second kappa shape index (κ2) is 5.99. The normalized spacial score (nSPS) is 14.2. The van der Waals surface area contributed by atoms with Crippen LogP contribution in [0.5, 0.6) is 0 Å². The van der Waals surface area contributed by atoms with Crippen LogP contribution < -0.4 is 10.6 Å². The Kier molecular flexibility index (Phi) is 3.90. The van der Waals surface area contributed by atoms with E-state index in [0.29, 0.717) is 13.0 Å². The Morgan fingerprint density at radius 1 is 1.33 bits per heavy atom. The fourth-order valence-corrected chi connectivity index (χ4v) is 2.55. The lowest BCUT2D eigenvalue weighted by Crippen LogP contribution is -2.09. The Morgan fingerprint density at radius 3 is 3.05 bits per heavy atom. The summed E-state index contributed by atoms with van der Waals surface area (Å²) in [5.41, 5.74) is 4.24. The molecule has 1 aliphatic rings. The van der Waals surface area contributed by atoms with Crippen molar-refractivity contribution in [3.63, 3.8) is 0 Å². The van der Waals surface area contributed by atoms with Crippen LogP contribution in [-0.4, -0.2) is 15.7 Å². The van der Waals surface area contributed by atoms with Crippen LogP contribution in [0.25, 0.3) is 0 Å². The van der Waals surface area contributed by atoms with Crippen LogP contribution in [0.3, 0.4) is 0 Å². The zero-order chi connectivity index (χ0) is 14.7. The SMILES string of the molecule is CCn1ccc(CNc2ccc3c(c2)CCCC(=O)N3)n1. The predicted molar refractivity (Wildman–Crippen MR) is 83.2 cm³/mol. The lowest BCUT2D eigenvalue weighted by atomic mass is 10.1. The van der Waals surface area contributed by atoms with E-state index < -0.39 is 0 Å². The van der Waals surface area contributed by atoms with Gasteiger partial charge in [-0.15, -0.1) is 0 Å². The fourth-order valence-electron chi connectivity index (χ4n) is 2.55. The zero-order valence-corrected chi connectivity index (χ0v) is 12.2. The van der Waals surface area contributed by atoms with Gasteiger partial charge in [0.15, 0.2) is 0 Å². The van der Waals surface area contributed by atoms with Gasteiger partial charge < -0.3 is 10.6 Å². The van der Waals surface area contributed by atoms with Crippen LogP contribution in [-0.2, 0) is 24.3 Å². The maximum absolute atomic E-state index is 11.5. The molecule has 0 saturated heterocycles. The molecule has 2 N–H and O–H groups in total. The van der Waals surface area contributed by atoms with Gasteiger partial charge in [-0.25, -0.2) is 0 Å². The van der Waals surface area contributed by atoms with Gasteiger partial charge in [0.2, 0.25) is 5.91 Å². The van der Waals surface area contributed by atoms with E-state index in [9.17, 15) is 4.79 Å². The van der Waals surface area contributed by atoms with E-state index in [4.69, 9.17) is 0 Å². The van der Waals surface area contributed by atoms with E-state index in [1.54, 1.807) is 0 Å². The largest absolute Gasteiger partial charge is 0.379 e. The molecule has 21 heavy (non-hydrogen) atoms. The Morgan fingerprint density at radius 2 is 2.24 bits per heavy atom. The minimum atomic E-state index is 0.111. The van der Waals surface area contributed by atoms with Crippen molar-refractivity contribution in [2.75, 3.05) is 10.6 Å². The van der Waals surface area contributed by atoms with Crippen molar-refractivity contribution in [2.24, 2.45) is 0 Å². The van der Waals surface area contributed by atoms with Crippen molar-refractivity contribution < 1.29 is 4.79 Å². The molecule has 5 nitrogen and oxygen atoms in total. The molecule has 0 atom stereocenters. The van der Waals surface area contributed by atoms with E-state index in [0.717, 1.165) is 36.5 Å². The lowest BCUT2D eigenvalue weighted by Gasteiger charge is -2.10. The molecule has 0 fully saturated rings. The smallest absolute Gasteiger partial charge is 0.224 e. The molecule has 2 aromatic rings. The molecule has 2 heterocycles. The van der Waals surface area contributed by atoms with Crippen molar-refractivity contribution in [1.82, 2.24) is 9.78 Å². The summed E-state index contributed by atoms with van der Waals surface area (Å²) in [4.78, 5) is 11.5. The predicted octanol–water partition coefficient (Wildman–Crippen LogP) is 2.79. The van der Waals surface area contributed by atoms with Crippen molar-refractivity contribution in [3.05, 3.63) is 41.7 Å². The molecular weight excluding hydrogens is 264 g/mol. The summed E-state index contributed by atoms with van der Waals surface area (Å²) in [7, 11) is 0. The summed E-state index contributed by atoms with van der Waals surface area (Å²) in [5, 5.41) is 10.8. The van der Waals surface area contributed by atoms with Crippen molar-refractivity contribution in [3.8, 4) is 0 Å². The third-order valence-electron chi connectivity index (χ3n) is 3.72. The van der Waals surface area contributed by atoms with Gasteiger partial charge in [-0.05, 0) is 49.6 Å². The lowest BCUT2D eigenvalue weighted by molar-refractivity contribution is -0.116. The first-order chi connectivity index (χ1) is 10.2. The number of fused-ring (bicyclic) bond motifs is 1. The van der Waals surface area contributed by atoms with Crippen LogP contribution in [0.2, 0.25) is 0 Å². The second-order valence-electron chi connectivity index (χ2n) is 5.29. The number of aryl methyl sites for hydroxylation is 2. The molecule has 0 spiro atoms. The third kappa shape index (κ3) is 3.24. The van der Waals surface area contributed by atoms with Crippen molar-refractivity contribution in [2.45, 2.75) is 39.3 Å². The molecular formula is C16H20N4O. The average Bonchev–Trinajstić information content (AvgIpc) is 2.87. The molecule has 1 aromatic carbocycles. The number of benzene rings is 1. The molecule has 0 bridgehead atoms. The topological polar surface area (TPSA) is 59.0 Å². The molecule has 0 aliphatic carbocycles. The number of hydrogen-bond donors (Lipinski definition) is 2. The maximum atomic E-state index is 11.5. The minimum absolute atomic E-state index is 0.111. The number of rotatable bonds is 4. The Labute approximate surface area is 124 Å². The van der Waals surface area contributed by atoms with Gasteiger partial charge in [0, 0.05) is 30.5 Å². The summed E-state index contributed by atoms with van der Waals surface area (Å²) < 4.78 is 1.92. The zero-order valence-electron chi connectivity index (χ0n) is 12.2. The van der Waals surface area contributed by atoms with Crippen LogP contribution in [0.4, 0.5) is 11.4 Å². The van der Waals surface area contributed by atoms with Gasteiger partial charge in [0.25, 0.3) is 0 Å². The van der Waals surface area contributed by atoms with E-state index in [1.807, 2.05) is 29.1 Å². The van der Waals surface area contributed by atoms with Gasteiger partial charge in [0.1, 0.15) is 0 Å². The average molecular weight is 284 g/mol. The monoisotopic (exact) mass is 284 g/mol. The standard InChI is InChI=1S/C16H20N4O/c1-2-20-9-8-14(19-20)11-17-13-6-7-15-12(10-13)4-3-5-16(21)18-15/h6-10,17H,2-5,11H2,1H3,(H,18,21). The van der Waals surface area contributed by atoms with Gasteiger partial charge in [-0.3, -0.25) is 9.48 Å². The molecule has 0 unspecified atom stereocenters. The summed E-state index contributed by atoms with van der Waals surface area (Å²) in [6.07, 6.45) is 4.44. The molecule has 0 radical (unpaired) electrons. The number of hydrogen-bond acceptors (Lipinski definition) is 3. The highest BCUT2D eigenvalue weighted by Gasteiger charge is 2.12. The second-order valence-corrected chi connectivity index (χ2v) is 5.29. The summed E-state index contributed by atoms with van der Waals surface area (Å²) in [5.74, 6) is 0.111. The van der Waals surface area contributed by atoms with Gasteiger partial charge in [-0.2, -0.15) is 5.10 Å². The first-order valence-corrected chi connectivity index (χ1v) is 7.43. The number of nitrogens with zero attached hydrogens (tertiary/aromatic N) is 2. The molecule has 3 rings (SSSR count). The summed E-state index contributed by atoms with van der Waals surface area (Å²) >= 11 is 0. The quantitative estimate of drug-likeness (QED) is 0.907. The van der Waals surface area contributed by atoms with Gasteiger partial charge in [-0.1, -0.05) is 0 Å². The summed E-state index contributed by atoms with van der Waals surface area (Å²) in [6.45, 7) is 3.67. The van der Waals surface area contributed by atoms with Crippen molar-refractivity contribution >= 4 is 17.3 Å². The highest BCUT2D eigenvalue weighted by molar-refractivity contribution is 5.92. The van der Waals surface area contributed by atoms with E-state index in [1.165, 1.54) is 5.56 Å². The molecule has 5 heteroatoms. The molecule has 110 valence electrons. The highest BCUT2D eigenvalue weighted by Crippen LogP contribution is 2.25. The number of amides is 1. The number of carbonyl (C=O) groups excluding carboxylic acids is 1. The van der Waals surface area contributed by atoms with Crippen LogP contribution in [0.1, 0.15) is 31.0 Å². The Hall–Kier alpha value is -2.30. The van der Waals surface area contributed by atoms with Gasteiger partial charge in [0.05, 0.1) is 12.2 Å². The fraction of sp³-hybridized carbons (Fsp3) is 0.375. The number of anilines is 2. The highest BCUT2D eigenvalue weighted by atomic mass is 16.1. The number of aromatic nitrogens is 2. The van der Waals surface area contributed by atoms with Crippen molar-refractivity contribution in [1.29, 1.82) is 0 Å². The number of nitrogens with one attached hydrogen (secondary N) is 2. The van der Waals surface area contributed by atoms with Crippen LogP contribution in [0, 0.1) is 0 Å². The molecule has 1 aliphatic heterocycles. The Bertz CT molecular complexity index is 647. The van der Waals surface area contributed by atoms with Gasteiger partial charge >= 0.3 is 0 Å².